The molecule has 3 aromatic rings. The first-order chi connectivity index (χ1) is 13.8. The molecule has 1 atom stereocenters. The second-order valence-corrected chi connectivity index (χ2v) is 7.26. The van der Waals surface area contributed by atoms with E-state index >= 15 is 0 Å². The number of amides is 1. The van der Waals surface area contributed by atoms with Crippen molar-refractivity contribution in [1.29, 1.82) is 0 Å². The van der Waals surface area contributed by atoms with E-state index < -0.39 is 6.04 Å². The predicted molar refractivity (Wildman–Crippen MR) is 110 cm³/mol. The highest BCUT2D eigenvalue weighted by molar-refractivity contribution is 5.94. The Morgan fingerprint density at radius 2 is 1.97 bits per heavy atom. The Bertz CT molecular complexity index is 987. The molecule has 1 N–H and O–H groups in total. The second kappa shape index (κ2) is 8.81. The molecule has 7 nitrogen and oxygen atoms in total. The minimum atomic E-state index is -0.710. The highest BCUT2D eigenvalue weighted by Gasteiger charge is 2.25. The lowest BCUT2D eigenvalue weighted by Crippen LogP contribution is -2.30. The molecule has 0 aliphatic rings. The number of halogens is 1. The fourth-order valence-corrected chi connectivity index (χ4v) is 3.03. The molecule has 0 spiro atoms. The maximum Gasteiger partial charge on any atom is 0.249 e. The number of tetrazole rings is 1. The SMILES string of the molecule is Cc1nnnn1C(Cc1cccc(F)c1)C(=O)Nc1cccc(N(C)C(C)C)c1. The van der Waals surface area contributed by atoms with Crippen LogP contribution in [0.15, 0.2) is 48.5 Å². The van der Waals surface area contributed by atoms with Crippen molar-refractivity contribution in [3.8, 4) is 0 Å². The van der Waals surface area contributed by atoms with Gasteiger partial charge in [-0.1, -0.05) is 18.2 Å². The van der Waals surface area contributed by atoms with Crippen molar-refractivity contribution >= 4 is 17.3 Å². The molecule has 2 aromatic carbocycles. The Balaban J connectivity index is 1.86. The molecule has 0 saturated heterocycles. The molecule has 1 heterocycles. The van der Waals surface area contributed by atoms with Crippen LogP contribution in [0.4, 0.5) is 15.8 Å². The molecule has 1 unspecified atom stereocenters. The minimum absolute atomic E-state index is 0.265. The van der Waals surface area contributed by atoms with Crippen LogP contribution in [0.25, 0.3) is 0 Å². The third kappa shape index (κ3) is 4.96. The van der Waals surface area contributed by atoms with Gasteiger partial charge in [0, 0.05) is 30.9 Å². The fraction of sp³-hybridized carbons (Fsp3) is 0.333. The highest BCUT2D eigenvalue weighted by Crippen LogP contribution is 2.22. The van der Waals surface area contributed by atoms with E-state index in [-0.39, 0.29) is 18.1 Å². The van der Waals surface area contributed by atoms with E-state index in [0.717, 1.165) is 5.69 Å². The summed E-state index contributed by atoms with van der Waals surface area (Å²) >= 11 is 0. The maximum atomic E-state index is 13.6. The van der Waals surface area contributed by atoms with Crippen LogP contribution in [0.5, 0.6) is 0 Å². The standard InChI is InChI=1S/C21H25FN6O/c1-14(2)27(4)19-10-6-9-18(13-19)23-21(29)20(28-15(3)24-25-26-28)12-16-7-5-8-17(22)11-16/h5-11,13-14,20H,12H2,1-4H3,(H,23,29). The topological polar surface area (TPSA) is 75.9 Å². The number of nitrogens with one attached hydrogen (secondary N) is 1. The second-order valence-electron chi connectivity index (χ2n) is 7.26. The van der Waals surface area contributed by atoms with Crippen molar-refractivity contribution in [2.75, 3.05) is 17.3 Å². The zero-order chi connectivity index (χ0) is 21.0. The lowest BCUT2D eigenvalue weighted by Gasteiger charge is -2.24. The average Bonchev–Trinajstić information content (AvgIpc) is 3.11. The average molecular weight is 396 g/mol. The van der Waals surface area contributed by atoms with E-state index in [1.165, 1.54) is 16.8 Å². The Kier molecular flexibility index (Phi) is 6.21. The zero-order valence-electron chi connectivity index (χ0n) is 17.0. The number of aryl methyl sites for hydroxylation is 1. The first-order valence-corrected chi connectivity index (χ1v) is 9.48. The molecule has 152 valence electrons. The van der Waals surface area contributed by atoms with Gasteiger partial charge in [-0.2, -0.15) is 0 Å². The summed E-state index contributed by atoms with van der Waals surface area (Å²) in [5.74, 6) is -0.108. The van der Waals surface area contributed by atoms with E-state index in [1.54, 1.807) is 19.1 Å². The molecule has 0 fully saturated rings. The van der Waals surface area contributed by atoms with Crippen molar-refractivity contribution in [1.82, 2.24) is 20.2 Å². The molecular weight excluding hydrogens is 371 g/mol. The molecule has 0 bridgehead atoms. The van der Waals surface area contributed by atoms with Gasteiger partial charge in [0.2, 0.25) is 5.91 Å². The van der Waals surface area contributed by atoms with Crippen LogP contribution < -0.4 is 10.2 Å². The third-order valence-electron chi connectivity index (χ3n) is 4.87. The molecule has 1 aromatic heterocycles. The van der Waals surface area contributed by atoms with Crippen LogP contribution in [0.2, 0.25) is 0 Å². The monoisotopic (exact) mass is 396 g/mol. The molecule has 1 amide bonds. The Morgan fingerprint density at radius 1 is 1.21 bits per heavy atom. The van der Waals surface area contributed by atoms with Crippen molar-refractivity contribution in [2.24, 2.45) is 0 Å². The minimum Gasteiger partial charge on any atom is -0.372 e. The summed E-state index contributed by atoms with van der Waals surface area (Å²) in [6.45, 7) is 5.92. The first-order valence-electron chi connectivity index (χ1n) is 9.48. The van der Waals surface area contributed by atoms with E-state index in [4.69, 9.17) is 0 Å². The first kappa shape index (κ1) is 20.4. The number of benzene rings is 2. The smallest absolute Gasteiger partial charge is 0.249 e. The van der Waals surface area contributed by atoms with Crippen LogP contribution in [-0.2, 0) is 11.2 Å². The molecule has 0 aliphatic heterocycles. The lowest BCUT2D eigenvalue weighted by molar-refractivity contribution is -0.119. The van der Waals surface area contributed by atoms with Crippen LogP contribution in [0.1, 0.15) is 31.3 Å². The lowest BCUT2D eigenvalue weighted by atomic mass is 10.0. The van der Waals surface area contributed by atoms with Crippen molar-refractivity contribution in [3.63, 3.8) is 0 Å². The Hall–Kier alpha value is -3.29. The molecule has 0 aliphatic carbocycles. The predicted octanol–water partition coefficient (Wildman–Crippen LogP) is 3.39. The van der Waals surface area contributed by atoms with Crippen LogP contribution in [-0.4, -0.2) is 39.2 Å². The van der Waals surface area contributed by atoms with Crippen LogP contribution in [0, 0.1) is 12.7 Å². The summed E-state index contributed by atoms with van der Waals surface area (Å²) in [7, 11) is 2.00. The van der Waals surface area contributed by atoms with E-state index in [9.17, 15) is 9.18 Å². The molecule has 8 heteroatoms. The van der Waals surface area contributed by atoms with Gasteiger partial charge < -0.3 is 10.2 Å². The van der Waals surface area contributed by atoms with E-state index in [2.05, 4.69) is 39.6 Å². The quantitative estimate of drug-likeness (QED) is 0.663. The number of anilines is 2. The van der Waals surface area contributed by atoms with Gasteiger partial charge in [-0.05, 0) is 67.1 Å². The number of carbonyl (C=O) groups is 1. The van der Waals surface area contributed by atoms with Gasteiger partial charge in [-0.3, -0.25) is 4.79 Å². The fourth-order valence-electron chi connectivity index (χ4n) is 3.03. The van der Waals surface area contributed by atoms with Crippen molar-refractivity contribution in [2.45, 2.75) is 39.3 Å². The van der Waals surface area contributed by atoms with Gasteiger partial charge in [0.25, 0.3) is 0 Å². The van der Waals surface area contributed by atoms with E-state index in [0.29, 0.717) is 23.1 Å². The maximum absolute atomic E-state index is 13.6. The number of carbonyl (C=O) groups excluding carboxylic acids is 1. The Labute approximate surface area is 169 Å². The van der Waals surface area contributed by atoms with Crippen LogP contribution >= 0.6 is 0 Å². The van der Waals surface area contributed by atoms with Crippen LogP contribution in [0.3, 0.4) is 0 Å². The summed E-state index contributed by atoms with van der Waals surface area (Å²) in [6.07, 6.45) is 0.265. The number of rotatable bonds is 7. The molecule has 29 heavy (non-hydrogen) atoms. The Morgan fingerprint density at radius 3 is 2.62 bits per heavy atom. The highest BCUT2D eigenvalue weighted by atomic mass is 19.1. The summed E-state index contributed by atoms with van der Waals surface area (Å²) in [4.78, 5) is 15.2. The zero-order valence-corrected chi connectivity index (χ0v) is 17.0. The molecular formula is C21H25FN6O. The molecule has 3 rings (SSSR count). The van der Waals surface area contributed by atoms with Gasteiger partial charge in [-0.15, -0.1) is 5.10 Å². The molecule has 0 radical (unpaired) electrons. The van der Waals surface area contributed by atoms with Gasteiger partial charge >= 0.3 is 0 Å². The summed E-state index contributed by atoms with van der Waals surface area (Å²) in [5.41, 5.74) is 2.36. The summed E-state index contributed by atoms with van der Waals surface area (Å²) < 4.78 is 15.1. The van der Waals surface area contributed by atoms with Crippen molar-refractivity contribution in [3.05, 3.63) is 65.7 Å². The number of nitrogens with zero attached hydrogens (tertiary/aromatic N) is 5. The van der Waals surface area contributed by atoms with Gasteiger partial charge in [-0.25, -0.2) is 9.07 Å². The summed E-state index contributed by atoms with van der Waals surface area (Å²) in [5, 5.41) is 14.4. The van der Waals surface area contributed by atoms with Gasteiger partial charge in [0.05, 0.1) is 0 Å². The number of hydrogen-bond donors (Lipinski definition) is 1. The molecule has 0 saturated carbocycles. The largest absolute Gasteiger partial charge is 0.372 e. The van der Waals surface area contributed by atoms with Gasteiger partial charge in [0.1, 0.15) is 17.7 Å². The van der Waals surface area contributed by atoms with E-state index in [1.807, 2.05) is 31.3 Å². The van der Waals surface area contributed by atoms with Crippen molar-refractivity contribution < 1.29 is 9.18 Å². The normalized spacial score (nSPS) is 12.1. The number of aromatic nitrogens is 4. The summed E-state index contributed by atoms with van der Waals surface area (Å²) in [6, 6.07) is 13.4. The van der Waals surface area contributed by atoms with Gasteiger partial charge in [0.15, 0.2) is 0 Å². The third-order valence-corrected chi connectivity index (χ3v) is 4.87. The number of hydrogen-bond acceptors (Lipinski definition) is 5.